The van der Waals surface area contributed by atoms with Crippen LogP contribution in [0.3, 0.4) is 0 Å². The van der Waals surface area contributed by atoms with E-state index >= 15 is 0 Å². The first kappa shape index (κ1) is 15.9. The summed E-state index contributed by atoms with van der Waals surface area (Å²) in [6.07, 6.45) is -1.19. The van der Waals surface area contributed by atoms with Crippen molar-refractivity contribution in [1.29, 1.82) is 0 Å². The van der Waals surface area contributed by atoms with E-state index < -0.39 is 11.7 Å². The second-order valence-corrected chi connectivity index (χ2v) is 6.04. The Kier molecular flexibility index (Phi) is 4.30. The number of piperidine rings is 1. The highest BCUT2D eigenvalue weighted by Crippen LogP contribution is 2.41. The molecule has 2 rings (SSSR count). The normalized spacial score (nSPS) is 18.6. The Morgan fingerprint density at radius 3 is 2.38 bits per heavy atom. The van der Waals surface area contributed by atoms with E-state index in [1.54, 1.807) is 4.90 Å². The van der Waals surface area contributed by atoms with E-state index in [1.165, 1.54) is 12.1 Å². The lowest BCUT2D eigenvalue weighted by Gasteiger charge is -2.40. The van der Waals surface area contributed by atoms with Gasteiger partial charge in [-0.3, -0.25) is 4.79 Å². The molecule has 116 valence electrons. The number of halogens is 3. The van der Waals surface area contributed by atoms with Crippen LogP contribution in [0.2, 0.25) is 0 Å². The molecule has 1 aliphatic rings. The van der Waals surface area contributed by atoms with Crippen LogP contribution in [0.4, 0.5) is 18.9 Å². The second kappa shape index (κ2) is 5.70. The Bertz CT molecular complexity index is 517. The first-order valence-corrected chi connectivity index (χ1v) is 7.20. The molecule has 0 atom stereocenters. The summed E-state index contributed by atoms with van der Waals surface area (Å²) < 4.78 is 39.6. The van der Waals surface area contributed by atoms with Crippen LogP contribution >= 0.6 is 0 Å². The Balaban J connectivity index is 2.30. The number of hydrogen-bond acceptors (Lipinski definition) is 2. The number of aldehydes is 1. The van der Waals surface area contributed by atoms with Gasteiger partial charge < -0.3 is 4.90 Å². The van der Waals surface area contributed by atoms with Gasteiger partial charge in [-0.2, -0.15) is 13.2 Å². The first-order chi connectivity index (χ1) is 9.79. The summed E-state index contributed by atoms with van der Waals surface area (Å²) in [5.41, 5.74) is -0.252. The minimum absolute atomic E-state index is 0.0569. The predicted molar refractivity (Wildman–Crippen MR) is 76.7 cm³/mol. The van der Waals surface area contributed by atoms with E-state index in [2.05, 4.69) is 13.8 Å². The zero-order chi connectivity index (χ0) is 15.7. The summed E-state index contributed by atoms with van der Waals surface area (Å²) in [4.78, 5) is 12.5. The average Bonchev–Trinajstić information content (AvgIpc) is 2.46. The molecule has 2 nitrogen and oxygen atoms in total. The highest BCUT2D eigenvalue weighted by Gasteiger charge is 2.37. The van der Waals surface area contributed by atoms with Gasteiger partial charge in [-0.1, -0.05) is 20.3 Å². The second-order valence-electron chi connectivity index (χ2n) is 6.04. The molecule has 1 aliphatic heterocycles. The lowest BCUT2D eigenvalue weighted by molar-refractivity contribution is -0.137. The van der Waals surface area contributed by atoms with Gasteiger partial charge in [0.1, 0.15) is 6.29 Å². The topological polar surface area (TPSA) is 20.3 Å². The largest absolute Gasteiger partial charge is 0.418 e. The summed E-state index contributed by atoms with van der Waals surface area (Å²) in [6, 6.07) is 3.81. The lowest BCUT2D eigenvalue weighted by atomic mass is 9.78. The van der Waals surface area contributed by atoms with Gasteiger partial charge >= 0.3 is 6.18 Å². The van der Waals surface area contributed by atoms with E-state index in [4.69, 9.17) is 0 Å². The van der Waals surface area contributed by atoms with Crippen LogP contribution in [0.25, 0.3) is 0 Å². The molecule has 0 N–H and O–H groups in total. The number of carbonyl (C=O) groups excluding carboxylic acids is 1. The fourth-order valence-corrected chi connectivity index (χ4v) is 2.77. The fourth-order valence-electron chi connectivity index (χ4n) is 2.77. The van der Waals surface area contributed by atoms with Gasteiger partial charge in [0.15, 0.2) is 0 Å². The molecule has 1 aromatic rings. The van der Waals surface area contributed by atoms with Crippen LogP contribution in [-0.2, 0) is 6.18 Å². The third-order valence-electron chi connectivity index (χ3n) is 4.63. The molecule has 21 heavy (non-hydrogen) atoms. The maximum Gasteiger partial charge on any atom is 0.418 e. The van der Waals surface area contributed by atoms with Crippen molar-refractivity contribution >= 4 is 12.0 Å². The molecule has 1 heterocycles. The smallest absolute Gasteiger partial charge is 0.371 e. The molecule has 1 fully saturated rings. The minimum Gasteiger partial charge on any atom is -0.371 e. The Morgan fingerprint density at radius 1 is 1.29 bits per heavy atom. The molecule has 1 saturated heterocycles. The summed E-state index contributed by atoms with van der Waals surface area (Å²) in [6.45, 7) is 5.54. The van der Waals surface area contributed by atoms with Gasteiger partial charge in [0, 0.05) is 24.3 Å². The van der Waals surface area contributed by atoms with Crippen LogP contribution in [0.1, 0.15) is 49.0 Å². The molecule has 0 aliphatic carbocycles. The van der Waals surface area contributed by atoms with Gasteiger partial charge in [0.2, 0.25) is 0 Å². The molecule has 0 bridgehead atoms. The molecule has 0 radical (unpaired) electrons. The fraction of sp³-hybridized carbons (Fsp3) is 0.562. The van der Waals surface area contributed by atoms with Crippen LogP contribution in [0, 0.1) is 5.41 Å². The number of rotatable bonds is 3. The number of carbonyl (C=O) groups is 1. The highest BCUT2D eigenvalue weighted by atomic mass is 19.4. The highest BCUT2D eigenvalue weighted by molar-refractivity contribution is 5.77. The summed E-state index contributed by atoms with van der Waals surface area (Å²) in [7, 11) is 0. The number of alkyl halides is 3. The monoisotopic (exact) mass is 299 g/mol. The molecule has 0 saturated carbocycles. The Morgan fingerprint density at radius 2 is 1.90 bits per heavy atom. The predicted octanol–water partition coefficient (Wildman–Crippen LogP) is 4.53. The van der Waals surface area contributed by atoms with Gasteiger partial charge in [-0.25, -0.2) is 0 Å². The standard InChI is InChI=1S/C16H20F3NO/c1-3-15(2)6-8-20(9-7-15)14-5-4-12(11-21)10-13(14)16(17,18)19/h4-5,10-11H,3,6-9H2,1-2H3. The molecular weight excluding hydrogens is 279 g/mol. The van der Waals surface area contributed by atoms with Crippen molar-refractivity contribution in [3.05, 3.63) is 29.3 Å². The SMILES string of the molecule is CCC1(C)CCN(c2ccc(C=O)cc2C(F)(F)F)CC1. The van der Waals surface area contributed by atoms with Crippen molar-refractivity contribution in [1.82, 2.24) is 0 Å². The zero-order valence-electron chi connectivity index (χ0n) is 12.3. The zero-order valence-corrected chi connectivity index (χ0v) is 12.3. The van der Waals surface area contributed by atoms with Crippen LogP contribution < -0.4 is 4.90 Å². The van der Waals surface area contributed by atoms with Gasteiger partial charge in [0.05, 0.1) is 5.56 Å². The van der Waals surface area contributed by atoms with Crippen molar-refractivity contribution in [2.75, 3.05) is 18.0 Å². The van der Waals surface area contributed by atoms with Crippen LogP contribution in [0.15, 0.2) is 18.2 Å². The number of benzene rings is 1. The van der Waals surface area contributed by atoms with Gasteiger partial charge in [0.25, 0.3) is 0 Å². The van der Waals surface area contributed by atoms with Crippen LogP contribution in [0.5, 0.6) is 0 Å². The molecule has 5 heteroatoms. The average molecular weight is 299 g/mol. The van der Waals surface area contributed by atoms with Crippen LogP contribution in [-0.4, -0.2) is 19.4 Å². The number of hydrogen-bond donors (Lipinski definition) is 0. The van der Waals surface area contributed by atoms with Crippen molar-refractivity contribution in [3.8, 4) is 0 Å². The molecule has 0 spiro atoms. The van der Waals surface area contributed by atoms with Crippen molar-refractivity contribution < 1.29 is 18.0 Å². The first-order valence-electron chi connectivity index (χ1n) is 7.20. The summed E-state index contributed by atoms with van der Waals surface area (Å²) in [5.74, 6) is 0. The summed E-state index contributed by atoms with van der Waals surface area (Å²) >= 11 is 0. The number of anilines is 1. The maximum atomic E-state index is 13.2. The summed E-state index contributed by atoms with van der Waals surface area (Å²) in [5, 5.41) is 0. The molecule has 0 amide bonds. The Hall–Kier alpha value is -1.52. The van der Waals surface area contributed by atoms with E-state index in [9.17, 15) is 18.0 Å². The Labute approximate surface area is 122 Å². The lowest BCUT2D eigenvalue weighted by Crippen LogP contribution is -2.39. The van der Waals surface area contributed by atoms with Crippen molar-refractivity contribution in [2.45, 2.75) is 39.3 Å². The third-order valence-corrected chi connectivity index (χ3v) is 4.63. The van der Waals surface area contributed by atoms with E-state index in [0.29, 0.717) is 19.4 Å². The molecular formula is C16H20F3NO. The molecule has 0 unspecified atom stereocenters. The molecule has 1 aromatic carbocycles. The minimum atomic E-state index is -4.44. The van der Waals surface area contributed by atoms with Crippen molar-refractivity contribution in [2.24, 2.45) is 5.41 Å². The van der Waals surface area contributed by atoms with E-state index in [-0.39, 0.29) is 16.7 Å². The van der Waals surface area contributed by atoms with Crippen molar-refractivity contribution in [3.63, 3.8) is 0 Å². The number of nitrogens with zero attached hydrogens (tertiary/aromatic N) is 1. The van der Waals surface area contributed by atoms with E-state index in [1.807, 2.05) is 0 Å². The maximum absolute atomic E-state index is 13.2. The van der Waals surface area contributed by atoms with Gasteiger partial charge in [-0.15, -0.1) is 0 Å². The van der Waals surface area contributed by atoms with Gasteiger partial charge in [-0.05, 0) is 36.5 Å². The quantitative estimate of drug-likeness (QED) is 0.764. The third kappa shape index (κ3) is 3.39. The van der Waals surface area contributed by atoms with E-state index in [0.717, 1.165) is 25.3 Å². The molecule has 0 aromatic heterocycles.